The van der Waals surface area contributed by atoms with Gasteiger partial charge in [-0.15, -0.1) is 0 Å². The van der Waals surface area contributed by atoms with Crippen LogP contribution in [0.5, 0.6) is 0 Å². The van der Waals surface area contributed by atoms with Crippen molar-refractivity contribution in [3.63, 3.8) is 0 Å². The van der Waals surface area contributed by atoms with E-state index in [1.165, 1.54) is 109 Å². The van der Waals surface area contributed by atoms with Crippen LogP contribution < -0.4 is 0 Å². The lowest BCUT2D eigenvalue weighted by Crippen LogP contribution is -2.28. The van der Waals surface area contributed by atoms with Crippen LogP contribution in [0.4, 0.5) is 0 Å². The van der Waals surface area contributed by atoms with Crippen LogP contribution in [-0.2, 0) is 23.8 Å². The monoisotopic (exact) mass is 703 g/mol. The Hall–Kier alpha value is -1.92. The second-order valence-corrected chi connectivity index (χ2v) is 14.7. The maximum atomic E-state index is 12.2. The number of allylic oxidation sites excluding steroid dienone is 4. The van der Waals surface area contributed by atoms with Gasteiger partial charge in [0.15, 0.2) is 6.10 Å². The Morgan fingerprint density at radius 3 is 1.76 bits per heavy atom. The van der Waals surface area contributed by atoms with Gasteiger partial charge in [0, 0.05) is 12.8 Å². The lowest BCUT2D eigenvalue weighted by atomic mass is 9.99. The van der Waals surface area contributed by atoms with E-state index in [0.717, 1.165) is 50.9 Å². The number of hydrogen-bond donors (Lipinski definition) is 1. The average Bonchev–Trinajstić information content (AvgIpc) is 3.88. The molecular formula is C44H78O6. The highest BCUT2D eigenvalue weighted by atomic mass is 16.6. The molecule has 6 nitrogen and oxygen atoms in total. The lowest BCUT2D eigenvalue weighted by Gasteiger charge is -2.15. The molecular weight excluding hydrogens is 624 g/mol. The van der Waals surface area contributed by atoms with E-state index in [4.69, 9.17) is 14.2 Å². The van der Waals surface area contributed by atoms with Gasteiger partial charge in [0.2, 0.25) is 0 Å². The number of hydrogen-bond acceptors (Lipinski definition) is 6. The number of epoxide rings is 1. The second-order valence-electron chi connectivity index (χ2n) is 14.7. The Balaban J connectivity index is 1.91. The third-order valence-corrected chi connectivity index (χ3v) is 9.88. The number of rotatable bonds is 36. The van der Waals surface area contributed by atoms with Crippen LogP contribution in [0.15, 0.2) is 36.5 Å². The topological polar surface area (TPSA) is 85.4 Å². The van der Waals surface area contributed by atoms with Crippen molar-refractivity contribution in [2.24, 2.45) is 5.92 Å². The molecule has 50 heavy (non-hydrogen) atoms. The summed E-state index contributed by atoms with van der Waals surface area (Å²) in [6, 6.07) is 0. The first-order valence-electron chi connectivity index (χ1n) is 21.1. The number of aliphatic hydroxyl groups is 1. The van der Waals surface area contributed by atoms with Gasteiger partial charge >= 0.3 is 11.9 Å². The zero-order valence-electron chi connectivity index (χ0n) is 32.8. The van der Waals surface area contributed by atoms with Gasteiger partial charge in [-0.3, -0.25) is 9.59 Å². The smallest absolute Gasteiger partial charge is 0.306 e. The van der Waals surface area contributed by atoms with Crippen molar-refractivity contribution in [2.75, 3.05) is 13.2 Å². The maximum Gasteiger partial charge on any atom is 0.306 e. The molecule has 0 amide bonds. The third-order valence-electron chi connectivity index (χ3n) is 9.88. The first kappa shape index (κ1) is 46.1. The summed E-state index contributed by atoms with van der Waals surface area (Å²) in [4.78, 5) is 24.3. The summed E-state index contributed by atoms with van der Waals surface area (Å²) in [5, 5.41) is 9.58. The summed E-state index contributed by atoms with van der Waals surface area (Å²) >= 11 is 0. The minimum Gasteiger partial charge on any atom is -0.462 e. The fourth-order valence-electron chi connectivity index (χ4n) is 6.15. The van der Waals surface area contributed by atoms with E-state index in [1.807, 2.05) is 0 Å². The van der Waals surface area contributed by atoms with Gasteiger partial charge in [0.05, 0.1) is 18.8 Å². The molecule has 0 aromatic carbocycles. The number of unbranched alkanes of at least 4 members (excludes halogenated alkanes) is 17. The number of aliphatic hydroxyl groups excluding tert-OH is 1. The average molecular weight is 703 g/mol. The lowest BCUT2D eigenvalue weighted by molar-refractivity contribution is -0.161. The highest BCUT2D eigenvalue weighted by molar-refractivity contribution is 5.70. The molecule has 3 unspecified atom stereocenters. The molecule has 0 aromatic rings. The summed E-state index contributed by atoms with van der Waals surface area (Å²) in [7, 11) is 0. The van der Waals surface area contributed by atoms with E-state index in [1.54, 1.807) is 0 Å². The maximum absolute atomic E-state index is 12.2. The van der Waals surface area contributed by atoms with E-state index in [9.17, 15) is 14.7 Å². The SMILES string of the molecule is CCCCC/C=C\C/C=C\CC1OC1C/C=C\CCCC(=O)O[C@@H](CO)COC(=O)CCCCCCCCCCCCCCCCC(C)CC. The van der Waals surface area contributed by atoms with E-state index in [0.29, 0.717) is 25.0 Å². The van der Waals surface area contributed by atoms with Crippen molar-refractivity contribution < 1.29 is 28.9 Å². The van der Waals surface area contributed by atoms with Crippen LogP contribution >= 0.6 is 0 Å². The summed E-state index contributed by atoms with van der Waals surface area (Å²) < 4.78 is 16.3. The minimum absolute atomic E-state index is 0.0906. The van der Waals surface area contributed by atoms with Crippen LogP contribution in [0.25, 0.3) is 0 Å². The van der Waals surface area contributed by atoms with E-state index in [2.05, 4.69) is 57.2 Å². The molecule has 1 aliphatic heterocycles. The first-order valence-corrected chi connectivity index (χ1v) is 21.1. The molecule has 0 aromatic heterocycles. The van der Waals surface area contributed by atoms with E-state index < -0.39 is 6.10 Å². The van der Waals surface area contributed by atoms with Crippen molar-refractivity contribution in [2.45, 2.75) is 212 Å². The van der Waals surface area contributed by atoms with E-state index >= 15 is 0 Å². The first-order chi connectivity index (χ1) is 24.5. The van der Waals surface area contributed by atoms with Gasteiger partial charge in [-0.05, 0) is 57.3 Å². The van der Waals surface area contributed by atoms with Crippen LogP contribution in [0.1, 0.15) is 194 Å². The fraction of sp³-hybridized carbons (Fsp3) is 0.818. The van der Waals surface area contributed by atoms with Crippen molar-refractivity contribution in [1.29, 1.82) is 0 Å². The molecule has 0 spiro atoms. The molecule has 1 aliphatic rings. The molecule has 1 rings (SSSR count). The molecule has 6 heteroatoms. The molecule has 1 fully saturated rings. The van der Waals surface area contributed by atoms with Gasteiger partial charge in [-0.25, -0.2) is 0 Å². The summed E-state index contributed by atoms with van der Waals surface area (Å²) in [5.41, 5.74) is 0. The highest BCUT2D eigenvalue weighted by Crippen LogP contribution is 2.29. The number of ether oxygens (including phenoxy) is 3. The largest absolute Gasteiger partial charge is 0.462 e. The number of carbonyl (C=O) groups excluding carboxylic acids is 2. The van der Waals surface area contributed by atoms with Gasteiger partial charge < -0.3 is 19.3 Å². The number of esters is 2. The Labute approximate surface area is 308 Å². The summed E-state index contributed by atoms with van der Waals surface area (Å²) in [6.45, 7) is 6.45. The van der Waals surface area contributed by atoms with Gasteiger partial charge in [0.1, 0.15) is 6.61 Å². The predicted octanol–water partition coefficient (Wildman–Crippen LogP) is 12.1. The Bertz CT molecular complexity index is 880. The Morgan fingerprint density at radius 1 is 0.640 bits per heavy atom. The molecule has 4 atom stereocenters. The third kappa shape index (κ3) is 29.8. The van der Waals surface area contributed by atoms with Crippen LogP contribution in [0.2, 0.25) is 0 Å². The molecule has 0 bridgehead atoms. The van der Waals surface area contributed by atoms with Crippen molar-refractivity contribution in [3.05, 3.63) is 36.5 Å². The summed E-state index contributed by atoms with van der Waals surface area (Å²) in [5.74, 6) is 0.238. The predicted molar refractivity (Wildman–Crippen MR) is 209 cm³/mol. The standard InChI is InChI=1S/C44H78O6/c1-4-6-7-8-9-16-20-23-28-33-41-42(50-41)34-29-25-26-31-36-44(47)49-40(37-45)38-48-43(46)35-30-24-21-18-15-13-11-10-12-14-17-19-22-27-32-39(3)5-2/h9,16,23,25,28-29,39-42,45H,4-8,10-15,17-22,24,26-27,30-38H2,1-3H3/b16-9-,28-23-,29-25-/t39?,40-,41?,42?/m0/s1. The molecule has 0 radical (unpaired) electrons. The highest BCUT2D eigenvalue weighted by Gasteiger charge is 2.35. The molecule has 0 aliphatic carbocycles. The van der Waals surface area contributed by atoms with Crippen molar-refractivity contribution in [1.82, 2.24) is 0 Å². The van der Waals surface area contributed by atoms with E-state index in [-0.39, 0.29) is 31.6 Å². The van der Waals surface area contributed by atoms with Crippen LogP contribution in [0, 0.1) is 5.92 Å². The van der Waals surface area contributed by atoms with Gasteiger partial charge in [-0.2, -0.15) is 0 Å². The Morgan fingerprint density at radius 2 is 1.16 bits per heavy atom. The molecule has 1 N–H and O–H groups in total. The molecule has 1 heterocycles. The quantitative estimate of drug-likeness (QED) is 0.0303. The Kier molecular flexibility index (Phi) is 31.5. The van der Waals surface area contributed by atoms with Crippen molar-refractivity contribution in [3.8, 4) is 0 Å². The zero-order chi connectivity index (χ0) is 36.3. The second kappa shape index (κ2) is 34.2. The van der Waals surface area contributed by atoms with Crippen LogP contribution in [-0.4, -0.2) is 48.6 Å². The van der Waals surface area contributed by atoms with Gasteiger partial charge in [-0.1, -0.05) is 166 Å². The van der Waals surface area contributed by atoms with Gasteiger partial charge in [0.25, 0.3) is 0 Å². The summed E-state index contributed by atoms with van der Waals surface area (Å²) in [6.07, 6.45) is 43.7. The molecule has 0 saturated carbocycles. The minimum atomic E-state index is -0.804. The normalized spacial score (nSPS) is 17.2. The molecule has 290 valence electrons. The zero-order valence-corrected chi connectivity index (χ0v) is 32.8. The number of carbonyl (C=O) groups is 2. The fourth-order valence-corrected chi connectivity index (χ4v) is 6.15. The van der Waals surface area contributed by atoms with Crippen molar-refractivity contribution >= 4 is 11.9 Å². The molecule has 1 saturated heterocycles. The van der Waals surface area contributed by atoms with Crippen LogP contribution in [0.3, 0.4) is 0 Å².